The molecular formula is C18H14Br2ClO5S-. The summed E-state index contributed by atoms with van der Waals surface area (Å²) in [6.07, 6.45) is 0.684. The molecule has 3 rings (SSSR count). The number of carbonyl (C=O) groups is 1. The summed E-state index contributed by atoms with van der Waals surface area (Å²) >= 11 is 8.68. The van der Waals surface area contributed by atoms with Crippen molar-refractivity contribution < 1.29 is 21.7 Å². The molecule has 0 saturated carbocycles. The van der Waals surface area contributed by atoms with E-state index >= 15 is 0 Å². The van der Waals surface area contributed by atoms with Crippen molar-refractivity contribution in [3.05, 3.63) is 67.8 Å². The topological polar surface area (TPSA) is 79.6 Å². The van der Waals surface area contributed by atoms with Crippen molar-refractivity contribution in [2.45, 2.75) is 20.3 Å². The highest BCUT2D eigenvalue weighted by Crippen LogP contribution is 2.32. The predicted octanol–water partition coefficient (Wildman–Crippen LogP) is 6.01. The van der Waals surface area contributed by atoms with Gasteiger partial charge in [-0.05, 0) is 30.7 Å². The molecule has 0 aliphatic carbocycles. The summed E-state index contributed by atoms with van der Waals surface area (Å²) < 4.78 is 28.8. The van der Waals surface area contributed by atoms with Gasteiger partial charge in [0, 0.05) is 26.3 Å². The third kappa shape index (κ3) is 5.28. The van der Waals surface area contributed by atoms with Crippen molar-refractivity contribution in [2.24, 2.45) is 0 Å². The minimum absolute atomic E-state index is 0.0109. The molecule has 2 aromatic carbocycles. The number of fused-ring (bicyclic) bond motifs is 1. The molecule has 0 aliphatic heterocycles. The minimum atomic E-state index is -2.56. The molecule has 144 valence electrons. The number of furan rings is 1. The first-order chi connectivity index (χ1) is 12.8. The lowest BCUT2D eigenvalue weighted by Gasteiger charge is -2.07. The zero-order valence-corrected chi connectivity index (χ0v) is 19.0. The van der Waals surface area contributed by atoms with Gasteiger partial charge in [0.15, 0.2) is 5.78 Å². The van der Waals surface area contributed by atoms with Gasteiger partial charge in [0.05, 0.1) is 17.4 Å². The summed E-state index contributed by atoms with van der Waals surface area (Å²) in [5.74, 6) is 0.724. The molecule has 0 aliphatic rings. The van der Waals surface area contributed by atoms with Crippen LogP contribution in [0.4, 0.5) is 0 Å². The molecular weight excluding hydrogens is 524 g/mol. The molecule has 0 spiro atoms. The van der Waals surface area contributed by atoms with Crippen LogP contribution in [0.25, 0.3) is 11.0 Å². The lowest BCUT2D eigenvalue weighted by molar-refractivity contribution is 0.103. The lowest BCUT2D eigenvalue weighted by atomic mass is 9.98. The van der Waals surface area contributed by atoms with E-state index in [1.807, 2.05) is 50.2 Å². The van der Waals surface area contributed by atoms with Crippen LogP contribution in [0.5, 0.6) is 0 Å². The van der Waals surface area contributed by atoms with Crippen LogP contribution in [-0.4, -0.2) is 14.5 Å². The first-order valence-electron chi connectivity index (χ1n) is 7.69. The first-order valence-corrected chi connectivity index (χ1v) is 10.6. The maximum atomic E-state index is 13.0. The second kappa shape index (κ2) is 9.95. The van der Waals surface area contributed by atoms with Gasteiger partial charge in [0.1, 0.15) is 22.7 Å². The average Bonchev–Trinajstić information content (AvgIpc) is 3.04. The number of benzene rings is 2. The molecule has 0 amide bonds. The van der Waals surface area contributed by atoms with Gasteiger partial charge in [-0.25, -0.2) is 4.21 Å². The highest BCUT2D eigenvalue weighted by molar-refractivity contribution is 9.11. The molecule has 0 bridgehead atoms. The summed E-state index contributed by atoms with van der Waals surface area (Å²) in [7, 11) is 0. The molecule has 0 N–H and O–H groups in total. The van der Waals surface area contributed by atoms with Crippen LogP contribution in [0.15, 0.2) is 49.8 Å². The molecule has 3 aromatic rings. The van der Waals surface area contributed by atoms with Gasteiger partial charge >= 0.3 is 0 Å². The standard InChI is InChI=1S/C18H14Br2O2.ClHO3S/c1-3-15-17(12-6-4-5-7-16(12)22-15)18(21)11-8-13(19)10(2)14(20)9-11;1-4-5(2)3/h4-9H,3H2,1-2H3;(H,2,3)/p-1. The summed E-state index contributed by atoms with van der Waals surface area (Å²) in [4.78, 5) is 13.0. The summed E-state index contributed by atoms with van der Waals surface area (Å²) in [6.45, 7) is 3.99. The van der Waals surface area contributed by atoms with Gasteiger partial charge < -0.3 is 8.97 Å². The van der Waals surface area contributed by atoms with Crippen molar-refractivity contribution in [3.63, 3.8) is 0 Å². The molecule has 1 unspecified atom stereocenters. The van der Waals surface area contributed by atoms with E-state index in [0.717, 1.165) is 31.2 Å². The maximum absolute atomic E-state index is 13.0. The second-order valence-corrected chi connectivity index (χ2v) is 8.03. The molecule has 1 aromatic heterocycles. The Bertz CT molecular complexity index is 980. The molecule has 9 heteroatoms. The van der Waals surface area contributed by atoms with Crippen LogP contribution in [0.3, 0.4) is 0 Å². The zero-order chi connectivity index (χ0) is 20.1. The summed E-state index contributed by atoms with van der Waals surface area (Å²) in [5.41, 5.74) is 3.14. The van der Waals surface area contributed by atoms with Crippen LogP contribution in [-0.2, 0) is 21.5 Å². The molecule has 5 nitrogen and oxygen atoms in total. The molecule has 1 atom stereocenters. The van der Waals surface area contributed by atoms with E-state index in [4.69, 9.17) is 13.2 Å². The monoisotopic (exact) mass is 535 g/mol. The number of ketones is 1. The number of aryl methyl sites for hydroxylation is 1. The lowest BCUT2D eigenvalue weighted by Crippen LogP contribution is -2.04. The SMILES string of the molecule is CCc1oc2ccccc2c1C(=O)c1cc(Br)c(C)c(Br)c1.O=S([O-])OCl. The number of hydrogen-bond donors (Lipinski definition) is 0. The summed E-state index contributed by atoms with van der Waals surface area (Å²) in [6, 6.07) is 11.4. The van der Waals surface area contributed by atoms with Crippen LogP contribution in [0, 0.1) is 6.92 Å². The van der Waals surface area contributed by atoms with Gasteiger partial charge in [0.25, 0.3) is 0 Å². The highest BCUT2D eigenvalue weighted by atomic mass is 79.9. The van der Waals surface area contributed by atoms with Gasteiger partial charge in [-0.1, -0.05) is 57.0 Å². The van der Waals surface area contributed by atoms with Gasteiger partial charge in [-0.3, -0.25) is 4.79 Å². The normalized spacial score (nSPS) is 11.8. The van der Waals surface area contributed by atoms with E-state index in [1.54, 1.807) is 0 Å². The number of carbonyl (C=O) groups excluding carboxylic acids is 1. The Morgan fingerprint density at radius 1 is 1.26 bits per heavy atom. The number of hydrogen-bond acceptors (Lipinski definition) is 5. The Morgan fingerprint density at radius 3 is 2.33 bits per heavy atom. The van der Waals surface area contributed by atoms with Gasteiger partial charge in [-0.15, -0.1) is 0 Å². The van der Waals surface area contributed by atoms with E-state index in [1.165, 1.54) is 0 Å². The molecule has 0 saturated heterocycles. The maximum Gasteiger partial charge on any atom is 0.197 e. The van der Waals surface area contributed by atoms with Crippen molar-refractivity contribution in [1.82, 2.24) is 0 Å². The Hall–Kier alpha value is -1.03. The average molecular weight is 538 g/mol. The first kappa shape index (κ1) is 22.3. The van der Waals surface area contributed by atoms with E-state index in [2.05, 4.69) is 47.5 Å². The van der Waals surface area contributed by atoms with Crippen molar-refractivity contribution in [1.29, 1.82) is 0 Å². The number of para-hydroxylation sites is 1. The fourth-order valence-electron chi connectivity index (χ4n) is 2.51. The van der Waals surface area contributed by atoms with Crippen molar-refractivity contribution >= 4 is 71.8 Å². The third-order valence-electron chi connectivity index (χ3n) is 3.81. The van der Waals surface area contributed by atoms with E-state index in [9.17, 15) is 4.79 Å². The second-order valence-electron chi connectivity index (χ2n) is 5.41. The summed E-state index contributed by atoms with van der Waals surface area (Å²) in [5, 5.41) is 0.872. The largest absolute Gasteiger partial charge is 0.749 e. The van der Waals surface area contributed by atoms with Crippen molar-refractivity contribution in [2.75, 3.05) is 0 Å². The molecule has 1 heterocycles. The Balaban J connectivity index is 0.000000465. The van der Waals surface area contributed by atoms with Gasteiger partial charge in [-0.2, -0.15) is 3.74 Å². The third-order valence-corrected chi connectivity index (χ3v) is 5.87. The number of rotatable bonds is 4. The molecule has 0 fully saturated rings. The fraction of sp³-hybridized carbons (Fsp3) is 0.167. The highest BCUT2D eigenvalue weighted by Gasteiger charge is 2.21. The van der Waals surface area contributed by atoms with E-state index in [0.29, 0.717) is 17.5 Å². The van der Waals surface area contributed by atoms with Crippen LogP contribution in [0.2, 0.25) is 0 Å². The quantitative estimate of drug-likeness (QED) is 0.301. The van der Waals surface area contributed by atoms with Crippen LogP contribution < -0.4 is 0 Å². The Kier molecular flexibility index (Phi) is 8.20. The fourth-order valence-corrected chi connectivity index (χ4v) is 3.70. The minimum Gasteiger partial charge on any atom is -0.749 e. The van der Waals surface area contributed by atoms with Crippen LogP contribution >= 0.6 is 43.7 Å². The number of halogens is 3. The Labute approximate surface area is 181 Å². The predicted molar refractivity (Wildman–Crippen MR) is 111 cm³/mol. The van der Waals surface area contributed by atoms with Crippen molar-refractivity contribution in [3.8, 4) is 0 Å². The van der Waals surface area contributed by atoms with Crippen LogP contribution in [0.1, 0.15) is 34.2 Å². The van der Waals surface area contributed by atoms with E-state index in [-0.39, 0.29) is 5.78 Å². The van der Waals surface area contributed by atoms with Gasteiger partial charge in [0.2, 0.25) is 0 Å². The Morgan fingerprint density at radius 2 is 1.81 bits per heavy atom. The molecule has 27 heavy (non-hydrogen) atoms. The van der Waals surface area contributed by atoms with E-state index < -0.39 is 11.4 Å². The smallest absolute Gasteiger partial charge is 0.197 e. The zero-order valence-electron chi connectivity index (χ0n) is 14.3. The molecule has 0 radical (unpaired) electrons.